The van der Waals surface area contributed by atoms with E-state index in [2.05, 4.69) is 26.1 Å². The van der Waals surface area contributed by atoms with Crippen LogP contribution in [0.25, 0.3) is 0 Å². The Balaban J connectivity index is 2.52. The molecule has 0 amide bonds. The number of carbonyl (C=O) groups excluding carboxylic acids is 1. The first-order chi connectivity index (χ1) is 9.73. The molecule has 0 aliphatic heterocycles. The predicted molar refractivity (Wildman–Crippen MR) is 91.7 cm³/mol. The number of ether oxygens (including phenoxy) is 1. The molecule has 1 saturated carbocycles. The van der Waals surface area contributed by atoms with Crippen LogP contribution in [0.5, 0.6) is 0 Å². The van der Waals surface area contributed by atoms with E-state index >= 15 is 0 Å². The summed E-state index contributed by atoms with van der Waals surface area (Å²) in [4.78, 5) is 11.9. The lowest BCUT2D eigenvalue weighted by molar-refractivity contribution is -0.151. The molecule has 0 heterocycles. The fraction of sp³-hybridized carbons (Fsp3) is 0.941. The number of carbonyl (C=O) groups is 1. The zero-order valence-corrected chi connectivity index (χ0v) is 15.4. The summed E-state index contributed by atoms with van der Waals surface area (Å²) in [5, 5.41) is 4.12. The van der Waals surface area contributed by atoms with Gasteiger partial charge in [0.2, 0.25) is 0 Å². The third-order valence-corrected chi connectivity index (χ3v) is 5.43. The zero-order chi connectivity index (χ0) is 16.0. The highest BCUT2D eigenvalue weighted by Gasteiger charge is 2.32. The van der Waals surface area contributed by atoms with E-state index in [0.29, 0.717) is 17.0 Å². The summed E-state index contributed by atoms with van der Waals surface area (Å²) in [7, 11) is 0. The molecular formula is C17H33NO2S. The lowest BCUT2D eigenvalue weighted by Gasteiger charge is -2.38. The Kier molecular flexibility index (Phi) is 7.55. The van der Waals surface area contributed by atoms with Crippen molar-refractivity contribution in [2.24, 2.45) is 11.8 Å². The molecule has 1 aliphatic rings. The van der Waals surface area contributed by atoms with Gasteiger partial charge in [-0.15, -0.1) is 11.8 Å². The maximum Gasteiger partial charge on any atom is 0.316 e. The number of nitrogens with one attached hydrogen (secondary N) is 1. The Morgan fingerprint density at radius 1 is 1.33 bits per heavy atom. The Labute approximate surface area is 135 Å². The molecule has 0 spiro atoms. The van der Waals surface area contributed by atoms with Crippen LogP contribution in [0.1, 0.15) is 60.8 Å². The topological polar surface area (TPSA) is 38.3 Å². The Hall–Kier alpha value is -0.220. The van der Waals surface area contributed by atoms with Crippen molar-refractivity contribution in [3.63, 3.8) is 0 Å². The van der Waals surface area contributed by atoms with Crippen molar-refractivity contribution in [1.82, 2.24) is 5.32 Å². The normalized spacial score (nSPS) is 26.9. The summed E-state index contributed by atoms with van der Waals surface area (Å²) < 4.78 is 5.42. The van der Waals surface area contributed by atoms with E-state index in [4.69, 9.17) is 4.74 Å². The fourth-order valence-corrected chi connectivity index (χ4v) is 4.25. The van der Waals surface area contributed by atoms with Crippen molar-refractivity contribution in [3.05, 3.63) is 0 Å². The van der Waals surface area contributed by atoms with Crippen molar-refractivity contribution in [3.8, 4) is 0 Å². The van der Waals surface area contributed by atoms with Gasteiger partial charge in [0.05, 0.1) is 5.75 Å². The average molecular weight is 316 g/mol. The van der Waals surface area contributed by atoms with E-state index in [-0.39, 0.29) is 11.6 Å². The molecule has 0 aromatic rings. The third-order valence-electron chi connectivity index (χ3n) is 4.08. The summed E-state index contributed by atoms with van der Waals surface area (Å²) in [5.41, 5.74) is -0.383. The summed E-state index contributed by atoms with van der Waals surface area (Å²) in [5.74, 6) is 1.90. The van der Waals surface area contributed by atoms with E-state index in [1.807, 2.05) is 20.8 Å². The van der Waals surface area contributed by atoms with Crippen LogP contribution in [0.15, 0.2) is 0 Å². The highest BCUT2D eigenvalue weighted by Crippen LogP contribution is 2.36. The van der Waals surface area contributed by atoms with Crippen LogP contribution >= 0.6 is 11.8 Å². The molecule has 1 rings (SSSR count). The van der Waals surface area contributed by atoms with Gasteiger partial charge in [0.1, 0.15) is 5.60 Å². The summed E-state index contributed by atoms with van der Waals surface area (Å²) in [6.07, 6.45) is 3.74. The molecule has 21 heavy (non-hydrogen) atoms. The molecule has 1 N–H and O–H groups in total. The van der Waals surface area contributed by atoms with Gasteiger partial charge >= 0.3 is 5.97 Å². The maximum absolute atomic E-state index is 11.9. The van der Waals surface area contributed by atoms with Crippen molar-refractivity contribution < 1.29 is 9.53 Å². The van der Waals surface area contributed by atoms with Crippen LogP contribution in [0.4, 0.5) is 0 Å². The van der Waals surface area contributed by atoms with Gasteiger partial charge in [0.25, 0.3) is 0 Å². The molecule has 4 heteroatoms. The van der Waals surface area contributed by atoms with Crippen molar-refractivity contribution in [1.29, 1.82) is 0 Å². The van der Waals surface area contributed by atoms with Crippen LogP contribution < -0.4 is 5.32 Å². The van der Waals surface area contributed by atoms with Crippen LogP contribution in [0, 0.1) is 11.8 Å². The van der Waals surface area contributed by atoms with Crippen molar-refractivity contribution >= 4 is 17.7 Å². The standard InChI is InChI=1S/C17H33NO2S/c1-7-18-14-9-8-13(12(2)3)10-15(14)21-11-16(19)20-17(4,5)6/h12-15,18H,7-11H2,1-6H3. The number of thioether (sulfide) groups is 1. The van der Waals surface area contributed by atoms with Crippen LogP contribution in [-0.4, -0.2) is 35.2 Å². The first-order valence-electron chi connectivity index (χ1n) is 8.29. The highest BCUT2D eigenvalue weighted by atomic mass is 32.2. The molecule has 0 saturated heterocycles. The predicted octanol–water partition coefficient (Wildman–Crippen LogP) is 3.86. The SMILES string of the molecule is CCNC1CCC(C(C)C)CC1SCC(=O)OC(C)(C)C. The lowest BCUT2D eigenvalue weighted by Crippen LogP contribution is -2.43. The third kappa shape index (κ3) is 7.05. The minimum Gasteiger partial charge on any atom is -0.459 e. The zero-order valence-electron chi connectivity index (χ0n) is 14.6. The molecule has 0 aromatic heterocycles. The first-order valence-corrected chi connectivity index (χ1v) is 9.34. The van der Waals surface area contributed by atoms with Gasteiger partial charge < -0.3 is 10.1 Å². The fourth-order valence-electron chi connectivity index (χ4n) is 2.99. The molecule has 1 aliphatic carbocycles. The van der Waals surface area contributed by atoms with Crippen LogP contribution in [0.3, 0.4) is 0 Å². The highest BCUT2D eigenvalue weighted by molar-refractivity contribution is 8.00. The number of hydrogen-bond donors (Lipinski definition) is 1. The van der Waals surface area contributed by atoms with Gasteiger partial charge in [-0.2, -0.15) is 0 Å². The second kappa shape index (κ2) is 8.42. The van der Waals surface area contributed by atoms with E-state index < -0.39 is 0 Å². The largest absolute Gasteiger partial charge is 0.459 e. The molecule has 1 fully saturated rings. The monoisotopic (exact) mass is 315 g/mol. The van der Waals surface area contributed by atoms with Gasteiger partial charge in [-0.05, 0) is 58.4 Å². The molecule has 0 radical (unpaired) electrons. The average Bonchev–Trinajstić information content (AvgIpc) is 2.35. The number of esters is 1. The van der Waals surface area contributed by atoms with Crippen molar-refractivity contribution in [2.45, 2.75) is 77.7 Å². The molecule has 0 bridgehead atoms. The van der Waals surface area contributed by atoms with Crippen LogP contribution in [-0.2, 0) is 9.53 Å². The summed E-state index contributed by atoms with van der Waals surface area (Å²) in [6, 6.07) is 0.539. The lowest BCUT2D eigenvalue weighted by atomic mass is 9.79. The van der Waals surface area contributed by atoms with E-state index in [1.165, 1.54) is 19.3 Å². The quantitative estimate of drug-likeness (QED) is 0.755. The Morgan fingerprint density at radius 3 is 2.52 bits per heavy atom. The first kappa shape index (κ1) is 18.8. The second-order valence-electron chi connectivity index (χ2n) is 7.42. The molecule has 124 valence electrons. The Bertz CT molecular complexity index is 325. The molecule has 3 nitrogen and oxygen atoms in total. The Morgan fingerprint density at radius 2 is 2.00 bits per heavy atom. The van der Waals surface area contributed by atoms with Crippen LogP contribution in [0.2, 0.25) is 0 Å². The van der Waals surface area contributed by atoms with Gasteiger partial charge in [-0.25, -0.2) is 0 Å². The smallest absolute Gasteiger partial charge is 0.316 e. The van der Waals surface area contributed by atoms with Gasteiger partial charge in [-0.1, -0.05) is 20.8 Å². The number of hydrogen-bond acceptors (Lipinski definition) is 4. The van der Waals surface area contributed by atoms with E-state index in [1.54, 1.807) is 11.8 Å². The van der Waals surface area contributed by atoms with Gasteiger partial charge in [0, 0.05) is 11.3 Å². The summed E-state index contributed by atoms with van der Waals surface area (Å²) >= 11 is 1.78. The molecular weight excluding hydrogens is 282 g/mol. The minimum atomic E-state index is -0.383. The van der Waals surface area contributed by atoms with Gasteiger partial charge in [-0.3, -0.25) is 4.79 Å². The second-order valence-corrected chi connectivity index (χ2v) is 8.64. The van der Waals surface area contributed by atoms with Crippen molar-refractivity contribution in [2.75, 3.05) is 12.3 Å². The minimum absolute atomic E-state index is 0.0885. The molecule has 3 atom stereocenters. The van der Waals surface area contributed by atoms with E-state index in [0.717, 1.165) is 18.4 Å². The summed E-state index contributed by atoms with van der Waals surface area (Å²) in [6.45, 7) is 13.6. The van der Waals surface area contributed by atoms with Gasteiger partial charge in [0.15, 0.2) is 0 Å². The maximum atomic E-state index is 11.9. The number of rotatable bonds is 6. The molecule has 3 unspecified atom stereocenters. The van der Waals surface area contributed by atoms with E-state index in [9.17, 15) is 4.79 Å². The molecule has 0 aromatic carbocycles.